The summed E-state index contributed by atoms with van der Waals surface area (Å²) in [6.45, 7) is -0.253. The van der Waals surface area contributed by atoms with Crippen LogP contribution in [0.1, 0.15) is 22.3 Å². The highest BCUT2D eigenvalue weighted by molar-refractivity contribution is 5.95. The van der Waals surface area contributed by atoms with E-state index in [9.17, 15) is 18.0 Å². The monoisotopic (exact) mass is 400 g/mol. The number of nitrogens with two attached hydrogens (primary N) is 1. The van der Waals surface area contributed by atoms with Gasteiger partial charge in [0.15, 0.2) is 0 Å². The standard InChI is InChI=1S/C19H19F3N2O2.ClH/c20-17-6-5-15(26-14-3-1-13(2-4-14)7-9-23)11-16(17)18(25)24-10-8-19(21,22)12-24;/h1-6,11H,7-10,12,23H2;1H. The first-order valence-electron chi connectivity index (χ1n) is 8.31. The topological polar surface area (TPSA) is 55.6 Å². The normalized spacial score (nSPS) is 15.3. The van der Waals surface area contributed by atoms with Crippen LogP contribution in [0.4, 0.5) is 13.2 Å². The quantitative estimate of drug-likeness (QED) is 0.824. The number of hydrogen-bond donors (Lipinski definition) is 1. The second-order valence-electron chi connectivity index (χ2n) is 6.26. The van der Waals surface area contributed by atoms with Crippen molar-refractivity contribution in [3.05, 3.63) is 59.4 Å². The van der Waals surface area contributed by atoms with Crippen molar-refractivity contribution in [1.82, 2.24) is 4.90 Å². The number of nitrogens with zero attached hydrogens (tertiary/aromatic N) is 1. The van der Waals surface area contributed by atoms with E-state index in [1.165, 1.54) is 12.1 Å². The molecule has 2 N–H and O–H groups in total. The molecule has 1 saturated heterocycles. The molecule has 0 unspecified atom stereocenters. The van der Waals surface area contributed by atoms with Gasteiger partial charge in [0.25, 0.3) is 11.8 Å². The van der Waals surface area contributed by atoms with E-state index in [0.717, 1.165) is 23.0 Å². The van der Waals surface area contributed by atoms with E-state index in [1.807, 2.05) is 12.1 Å². The van der Waals surface area contributed by atoms with E-state index in [0.29, 0.717) is 12.3 Å². The molecule has 1 heterocycles. The maximum absolute atomic E-state index is 14.0. The third-order valence-electron chi connectivity index (χ3n) is 4.22. The molecule has 146 valence electrons. The van der Waals surface area contributed by atoms with E-state index in [-0.39, 0.29) is 30.3 Å². The number of alkyl halides is 2. The van der Waals surface area contributed by atoms with E-state index in [1.54, 1.807) is 12.1 Å². The summed E-state index contributed by atoms with van der Waals surface area (Å²) in [6.07, 6.45) is 0.335. The molecule has 0 aliphatic carbocycles. The van der Waals surface area contributed by atoms with Gasteiger partial charge in [0.2, 0.25) is 0 Å². The maximum atomic E-state index is 14.0. The van der Waals surface area contributed by atoms with Crippen LogP contribution in [0.3, 0.4) is 0 Å². The first kappa shape index (κ1) is 21.1. The fourth-order valence-corrected chi connectivity index (χ4v) is 2.84. The summed E-state index contributed by atoms with van der Waals surface area (Å²) in [5.41, 5.74) is 6.28. The molecule has 1 fully saturated rings. The van der Waals surface area contributed by atoms with Crippen LogP contribution < -0.4 is 10.5 Å². The van der Waals surface area contributed by atoms with Crippen molar-refractivity contribution in [2.45, 2.75) is 18.8 Å². The Labute approximate surface area is 161 Å². The number of rotatable bonds is 5. The zero-order valence-electron chi connectivity index (χ0n) is 14.5. The van der Waals surface area contributed by atoms with Crippen molar-refractivity contribution >= 4 is 18.3 Å². The Kier molecular flexibility index (Phi) is 6.73. The number of benzene rings is 2. The van der Waals surface area contributed by atoms with Gasteiger partial charge in [-0.2, -0.15) is 0 Å². The minimum Gasteiger partial charge on any atom is -0.457 e. The molecule has 0 saturated carbocycles. The van der Waals surface area contributed by atoms with Crippen molar-refractivity contribution < 1.29 is 22.7 Å². The summed E-state index contributed by atoms with van der Waals surface area (Å²) in [5.74, 6) is -3.68. The van der Waals surface area contributed by atoms with Gasteiger partial charge in [-0.25, -0.2) is 13.2 Å². The number of ether oxygens (including phenoxy) is 1. The second-order valence-corrected chi connectivity index (χ2v) is 6.26. The molecule has 3 rings (SSSR count). The molecule has 4 nitrogen and oxygen atoms in total. The molecular weight excluding hydrogens is 381 g/mol. The SMILES string of the molecule is Cl.NCCc1ccc(Oc2ccc(F)c(C(=O)N3CCC(F)(F)C3)c2)cc1. The molecule has 2 aromatic rings. The second kappa shape index (κ2) is 8.63. The number of likely N-dealkylation sites (tertiary alicyclic amines) is 1. The molecule has 27 heavy (non-hydrogen) atoms. The highest BCUT2D eigenvalue weighted by Gasteiger charge is 2.41. The Morgan fingerprint density at radius 1 is 1.15 bits per heavy atom. The highest BCUT2D eigenvalue weighted by Crippen LogP contribution is 2.30. The maximum Gasteiger partial charge on any atom is 0.267 e. The predicted octanol–water partition coefficient (Wildman–Crippen LogP) is 4.02. The average Bonchev–Trinajstić information content (AvgIpc) is 2.98. The van der Waals surface area contributed by atoms with Crippen LogP contribution in [0.2, 0.25) is 0 Å². The average molecular weight is 401 g/mol. The van der Waals surface area contributed by atoms with Crippen molar-refractivity contribution in [3.63, 3.8) is 0 Å². The van der Waals surface area contributed by atoms with Crippen LogP contribution in [-0.4, -0.2) is 36.4 Å². The zero-order chi connectivity index (χ0) is 18.7. The number of carbonyl (C=O) groups is 1. The Balaban J connectivity index is 0.00000261. The molecular formula is C19H20ClF3N2O2. The van der Waals surface area contributed by atoms with Crippen LogP contribution in [-0.2, 0) is 6.42 Å². The predicted molar refractivity (Wildman–Crippen MR) is 98.4 cm³/mol. The van der Waals surface area contributed by atoms with Crippen LogP contribution >= 0.6 is 12.4 Å². The van der Waals surface area contributed by atoms with E-state index >= 15 is 0 Å². The van der Waals surface area contributed by atoms with Gasteiger partial charge in [-0.15, -0.1) is 12.4 Å². The Morgan fingerprint density at radius 3 is 2.41 bits per heavy atom. The van der Waals surface area contributed by atoms with Gasteiger partial charge in [-0.05, 0) is 48.9 Å². The van der Waals surface area contributed by atoms with Gasteiger partial charge < -0.3 is 15.4 Å². The van der Waals surface area contributed by atoms with Gasteiger partial charge in [0, 0.05) is 13.0 Å². The molecule has 0 spiro atoms. The van der Waals surface area contributed by atoms with Gasteiger partial charge in [0.1, 0.15) is 17.3 Å². The van der Waals surface area contributed by atoms with Crippen molar-refractivity contribution in [2.24, 2.45) is 5.73 Å². The van der Waals surface area contributed by atoms with E-state index in [4.69, 9.17) is 10.5 Å². The lowest BCUT2D eigenvalue weighted by atomic mass is 10.1. The highest BCUT2D eigenvalue weighted by atomic mass is 35.5. The fraction of sp³-hybridized carbons (Fsp3) is 0.316. The molecule has 8 heteroatoms. The summed E-state index contributed by atoms with van der Waals surface area (Å²) in [7, 11) is 0. The minimum absolute atomic E-state index is 0. The lowest BCUT2D eigenvalue weighted by Gasteiger charge is -2.17. The van der Waals surface area contributed by atoms with Gasteiger partial charge in [0.05, 0.1) is 12.1 Å². The van der Waals surface area contributed by atoms with Crippen LogP contribution in [0, 0.1) is 5.82 Å². The van der Waals surface area contributed by atoms with Crippen LogP contribution in [0.15, 0.2) is 42.5 Å². The molecule has 0 radical (unpaired) electrons. The molecule has 2 aromatic carbocycles. The third-order valence-corrected chi connectivity index (χ3v) is 4.22. The van der Waals surface area contributed by atoms with Gasteiger partial charge in [-0.1, -0.05) is 12.1 Å². The first-order chi connectivity index (χ1) is 12.4. The number of halogens is 4. The summed E-state index contributed by atoms with van der Waals surface area (Å²) >= 11 is 0. The molecule has 0 atom stereocenters. The third kappa shape index (κ3) is 5.14. The van der Waals surface area contributed by atoms with Crippen molar-refractivity contribution in [3.8, 4) is 11.5 Å². The minimum atomic E-state index is -2.93. The summed E-state index contributed by atoms with van der Waals surface area (Å²) in [6, 6.07) is 10.9. The molecule has 1 aliphatic rings. The largest absolute Gasteiger partial charge is 0.457 e. The number of hydrogen-bond acceptors (Lipinski definition) is 3. The summed E-state index contributed by atoms with van der Waals surface area (Å²) < 4.78 is 46.3. The number of amides is 1. The van der Waals surface area contributed by atoms with Crippen LogP contribution in [0.5, 0.6) is 11.5 Å². The lowest BCUT2D eigenvalue weighted by Crippen LogP contribution is -2.31. The van der Waals surface area contributed by atoms with E-state index in [2.05, 4.69) is 0 Å². The Bertz CT molecular complexity index is 800. The molecule has 1 amide bonds. The Morgan fingerprint density at radius 2 is 1.81 bits per heavy atom. The molecule has 0 aromatic heterocycles. The van der Waals surface area contributed by atoms with Crippen molar-refractivity contribution in [2.75, 3.05) is 19.6 Å². The van der Waals surface area contributed by atoms with E-state index < -0.39 is 30.6 Å². The zero-order valence-corrected chi connectivity index (χ0v) is 15.3. The molecule has 1 aliphatic heterocycles. The summed E-state index contributed by atoms with van der Waals surface area (Å²) in [4.78, 5) is 13.3. The van der Waals surface area contributed by atoms with Crippen molar-refractivity contribution in [1.29, 1.82) is 0 Å². The number of carbonyl (C=O) groups excluding carboxylic acids is 1. The molecule has 0 bridgehead atoms. The summed E-state index contributed by atoms with van der Waals surface area (Å²) in [5, 5.41) is 0. The fourth-order valence-electron chi connectivity index (χ4n) is 2.84. The Hall–Kier alpha value is -2.25. The lowest BCUT2D eigenvalue weighted by molar-refractivity contribution is 0.0119. The van der Waals surface area contributed by atoms with Gasteiger partial charge >= 0.3 is 0 Å². The van der Waals surface area contributed by atoms with Crippen LogP contribution in [0.25, 0.3) is 0 Å². The first-order valence-corrected chi connectivity index (χ1v) is 8.31. The van der Waals surface area contributed by atoms with Gasteiger partial charge in [-0.3, -0.25) is 4.79 Å². The smallest absolute Gasteiger partial charge is 0.267 e.